The molecule has 0 saturated carbocycles. The Bertz CT molecular complexity index is 4320. The van der Waals surface area contributed by atoms with E-state index in [1.165, 1.54) is 111 Å². The molecular formula is C78H59N3. The van der Waals surface area contributed by atoms with E-state index in [9.17, 15) is 0 Å². The van der Waals surface area contributed by atoms with Crippen LogP contribution in [0.3, 0.4) is 0 Å². The van der Waals surface area contributed by atoms with Gasteiger partial charge in [0.2, 0.25) is 0 Å². The van der Waals surface area contributed by atoms with E-state index in [0.29, 0.717) is 0 Å². The first-order valence-corrected chi connectivity index (χ1v) is 28.1. The van der Waals surface area contributed by atoms with Gasteiger partial charge in [-0.05, 0) is 201 Å². The summed E-state index contributed by atoms with van der Waals surface area (Å²) in [6.45, 7) is 8.76. The van der Waals surface area contributed by atoms with E-state index < -0.39 is 0 Å². The molecule has 0 radical (unpaired) electrons. The Balaban J connectivity index is 0.899. The van der Waals surface area contributed by atoms with Crippen LogP contribution in [0, 0.1) is 27.7 Å². The Morgan fingerprint density at radius 3 is 0.889 bits per heavy atom. The van der Waals surface area contributed by atoms with Crippen LogP contribution in [0.15, 0.2) is 285 Å². The van der Waals surface area contributed by atoms with Crippen LogP contribution in [0.25, 0.3) is 93.5 Å². The summed E-state index contributed by atoms with van der Waals surface area (Å²) >= 11 is 0. The molecule has 13 aromatic carbocycles. The maximum Gasteiger partial charge on any atom is 0.0541 e. The van der Waals surface area contributed by atoms with Crippen molar-refractivity contribution in [3.63, 3.8) is 0 Å². The lowest BCUT2D eigenvalue weighted by molar-refractivity contribution is 1.18. The van der Waals surface area contributed by atoms with Gasteiger partial charge in [0.15, 0.2) is 0 Å². The molecule has 0 fully saturated rings. The molecular weight excluding hydrogens is 979 g/mol. The van der Waals surface area contributed by atoms with E-state index in [1.54, 1.807) is 0 Å². The minimum atomic E-state index is 1.11. The number of anilines is 6. The molecule has 0 saturated heterocycles. The zero-order valence-corrected chi connectivity index (χ0v) is 46.0. The molecule has 3 nitrogen and oxygen atoms in total. The minimum absolute atomic E-state index is 1.11. The van der Waals surface area contributed by atoms with Gasteiger partial charge < -0.3 is 14.4 Å². The average Bonchev–Trinajstić information content (AvgIpc) is 3.77. The van der Waals surface area contributed by atoms with Gasteiger partial charge in [0.1, 0.15) is 0 Å². The Morgan fingerprint density at radius 1 is 0.235 bits per heavy atom. The number of rotatable bonds is 11. The molecule has 0 aliphatic carbocycles. The van der Waals surface area contributed by atoms with Crippen molar-refractivity contribution in [1.82, 2.24) is 4.57 Å². The molecule has 0 aliphatic heterocycles. The van der Waals surface area contributed by atoms with Crippen LogP contribution in [0.4, 0.5) is 34.1 Å². The van der Waals surface area contributed by atoms with Crippen molar-refractivity contribution in [2.75, 3.05) is 9.80 Å². The Labute approximate surface area is 474 Å². The average molecular weight is 1040 g/mol. The second kappa shape index (κ2) is 20.5. The predicted octanol–water partition coefficient (Wildman–Crippen LogP) is 21.9. The lowest BCUT2D eigenvalue weighted by Gasteiger charge is -2.28. The topological polar surface area (TPSA) is 11.4 Å². The first-order valence-electron chi connectivity index (χ1n) is 28.1. The predicted molar refractivity (Wildman–Crippen MR) is 346 cm³/mol. The lowest BCUT2D eigenvalue weighted by Crippen LogP contribution is -2.12. The summed E-state index contributed by atoms with van der Waals surface area (Å²) in [5, 5.41) is 7.41. The molecule has 14 rings (SSSR count). The summed E-state index contributed by atoms with van der Waals surface area (Å²) in [6, 6.07) is 105. The van der Waals surface area contributed by atoms with Gasteiger partial charge in [-0.25, -0.2) is 0 Å². The Hall–Kier alpha value is -10.2. The zero-order chi connectivity index (χ0) is 54.6. The summed E-state index contributed by atoms with van der Waals surface area (Å²) in [4.78, 5) is 4.77. The van der Waals surface area contributed by atoms with E-state index in [4.69, 9.17) is 0 Å². The molecule has 0 spiro atoms. The summed E-state index contributed by atoms with van der Waals surface area (Å²) in [5.74, 6) is 0. The van der Waals surface area contributed by atoms with Crippen molar-refractivity contribution in [3.05, 3.63) is 307 Å². The van der Waals surface area contributed by atoms with Gasteiger partial charge in [-0.2, -0.15) is 0 Å². The third-order valence-electron chi connectivity index (χ3n) is 16.5. The minimum Gasteiger partial charge on any atom is -0.310 e. The molecule has 14 aromatic rings. The van der Waals surface area contributed by atoms with Gasteiger partial charge in [0.05, 0.1) is 11.0 Å². The molecule has 0 N–H and O–H groups in total. The largest absolute Gasteiger partial charge is 0.310 e. The van der Waals surface area contributed by atoms with Crippen molar-refractivity contribution < 1.29 is 0 Å². The first kappa shape index (κ1) is 49.1. The summed E-state index contributed by atoms with van der Waals surface area (Å²) < 4.78 is 2.45. The highest BCUT2D eigenvalue weighted by molar-refractivity contribution is 6.21. The Morgan fingerprint density at radius 2 is 0.531 bits per heavy atom. The van der Waals surface area contributed by atoms with Gasteiger partial charge in [0, 0.05) is 50.6 Å². The second-order valence-electron chi connectivity index (χ2n) is 21.5. The van der Waals surface area contributed by atoms with Crippen LogP contribution < -0.4 is 9.80 Å². The number of hydrogen-bond acceptors (Lipinski definition) is 2. The van der Waals surface area contributed by atoms with Crippen LogP contribution in [-0.4, -0.2) is 4.57 Å². The maximum atomic E-state index is 2.45. The number of nitrogens with zero attached hydrogens (tertiary/aromatic N) is 3. The van der Waals surface area contributed by atoms with E-state index in [-0.39, 0.29) is 0 Å². The van der Waals surface area contributed by atoms with E-state index in [2.05, 4.69) is 327 Å². The third-order valence-corrected chi connectivity index (χ3v) is 16.5. The van der Waals surface area contributed by atoms with Crippen molar-refractivity contribution in [2.24, 2.45) is 0 Å². The van der Waals surface area contributed by atoms with Gasteiger partial charge >= 0.3 is 0 Å². The molecule has 0 atom stereocenters. The highest BCUT2D eigenvalue weighted by Crippen LogP contribution is 2.46. The third kappa shape index (κ3) is 8.72. The standard InChI is InChI=1S/C78H59N3/c1-52-20-8-16-30-71(52)79(72-31-17-9-21-53(72)2)62-42-34-56(35-43-62)60-40-48-75-69(50-60)70-51-61(57-36-44-63(45-37-57)80(73-32-18-10-22-54(73)3)74-33-19-11-23-55(74)4)41-49-76(70)81(75)64-46-38-59(39-47-64)78-67-28-14-12-26-65(67)77(58-24-6-5-7-25-58)66-27-13-15-29-68(66)78/h5-51H,1-4H3. The number of benzene rings is 13. The molecule has 0 bridgehead atoms. The van der Waals surface area contributed by atoms with E-state index in [0.717, 1.165) is 39.2 Å². The van der Waals surface area contributed by atoms with Crippen LogP contribution in [0.2, 0.25) is 0 Å². The summed E-state index contributed by atoms with van der Waals surface area (Å²) in [5.41, 5.74) is 24.9. The number of aryl methyl sites for hydroxylation is 4. The van der Waals surface area contributed by atoms with Crippen molar-refractivity contribution in [3.8, 4) is 50.2 Å². The van der Waals surface area contributed by atoms with Gasteiger partial charge in [-0.1, -0.05) is 200 Å². The SMILES string of the molecule is Cc1ccccc1N(c1ccc(-c2ccc3c(c2)c2cc(-c4ccc(N(c5ccccc5C)c5ccccc5C)cc4)ccc2n3-c2ccc(-c3c4ccccc4c(-c4ccccc4)c4ccccc34)cc2)cc1)c1ccccc1C. The molecule has 0 unspecified atom stereocenters. The monoisotopic (exact) mass is 1040 g/mol. The van der Waals surface area contributed by atoms with Gasteiger partial charge in [-0.3, -0.25) is 0 Å². The molecule has 1 aromatic heterocycles. The molecule has 1 heterocycles. The smallest absolute Gasteiger partial charge is 0.0541 e. The van der Waals surface area contributed by atoms with E-state index >= 15 is 0 Å². The fourth-order valence-electron chi connectivity index (χ4n) is 12.5. The molecule has 386 valence electrons. The highest BCUT2D eigenvalue weighted by Gasteiger charge is 2.22. The normalized spacial score (nSPS) is 11.5. The molecule has 0 amide bonds. The van der Waals surface area contributed by atoms with Crippen LogP contribution in [0.5, 0.6) is 0 Å². The van der Waals surface area contributed by atoms with Gasteiger partial charge in [-0.15, -0.1) is 0 Å². The molecule has 81 heavy (non-hydrogen) atoms. The number of para-hydroxylation sites is 4. The quantitative estimate of drug-likeness (QED) is 0.120. The molecule has 0 aliphatic rings. The highest BCUT2D eigenvalue weighted by atomic mass is 15.2. The van der Waals surface area contributed by atoms with Gasteiger partial charge in [0.25, 0.3) is 0 Å². The first-order chi connectivity index (χ1) is 39.9. The lowest BCUT2D eigenvalue weighted by atomic mass is 9.86. The number of fused-ring (bicyclic) bond motifs is 5. The zero-order valence-electron chi connectivity index (χ0n) is 46.0. The fourth-order valence-corrected chi connectivity index (χ4v) is 12.5. The summed E-state index contributed by atoms with van der Waals surface area (Å²) in [7, 11) is 0. The van der Waals surface area contributed by atoms with Crippen LogP contribution in [-0.2, 0) is 0 Å². The number of hydrogen-bond donors (Lipinski definition) is 0. The summed E-state index contributed by atoms with van der Waals surface area (Å²) in [6.07, 6.45) is 0. The van der Waals surface area contributed by atoms with E-state index in [1.807, 2.05) is 0 Å². The van der Waals surface area contributed by atoms with Crippen molar-refractivity contribution in [2.45, 2.75) is 27.7 Å². The Kier molecular flexibility index (Phi) is 12.4. The van der Waals surface area contributed by atoms with Crippen molar-refractivity contribution >= 4 is 77.5 Å². The van der Waals surface area contributed by atoms with Crippen molar-refractivity contribution in [1.29, 1.82) is 0 Å². The van der Waals surface area contributed by atoms with Crippen LogP contribution >= 0.6 is 0 Å². The molecule has 3 heteroatoms. The number of aromatic nitrogens is 1. The fraction of sp³-hybridized carbons (Fsp3) is 0.0513. The second-order valence-corrected chi connectivity index (χ2v) is 21.5. The van der Waals surface area contributed by atoms with Crippen LogP contribution in [0.1, 0.15) is 22.3 Å². The maximum absolute atomic E-state index is 2.45.